The predicted molar refractivity (Wildman–Crippen MR) is 85.0 cm³/mol. The van der Waals surface area contributed by atoms with Crippen molar-refractivity contribution in [3.8, 4) is 0 Å². The number of hydrogen-bond acceptors (Lipinski definition) is 2. The number of benzene rings is 1. The molecule has 1 aromatic carbocycles. The van der Waals surface area contributed by atoms with Crippen molar-refractivity contribution < 1.29 is 4.79 Å². The SMILES string of the molecule is CCCC1CCCCN1C(=O)C1Cc2ccccc2CN1. The van der Waals surface area contributed by atoms with E-state index in [1.165, 1.54) is 24.0 Å². The van der Waals surface area contributed by atoms with E-state index in [4.69, 9.17) is 0 Å². The van der Waals surface area contributed by atoms with Gasteiger partial charge in [0.2, 0.25) is 5.91 Å². The van der Waals surface area contributed by atoms with E-state index in [1.54, 1.807) is 0 Å². The molecule has 0 aliphatic carbocycles. The molecule has 114 valence electrons. The smallest absolute Gasteiger partial charge is 0.240 e. The van der Waals surface area contributed by atoms with E-state index in [2.05, 4.69) is 41.4 Å². The summed E-state index contributed by atoms with van der Waals surface area (Å²) in [7, 11) is 0. The summed E-state index contributed by atoms with van der Waals surface area (Å²) < 4.78 is 0. The molecular formula is C18H26N2O. The number of piperidine rings is 1. The molecule has 0 spiro atoms. The van der Waals surface area contributed by atoms with Crippen LogP contribution in [-0.4, -0.2) is 29.4 Å². The van der Waals surface area contributed by atoms with Gasteiger partial charge in [0.05, 0.1) is 6.04 Å². The molecule has 2 aliphatic heterocycles. The third-order valence-electron chi connectivity index (χ3n) is 4.91. The van der Waals surface area contributed by atoms with Crippen molar-refractivity contribution in [3.63, 3.8) is 0 Å². The van der Waals surface area contributed by atoms with Gasteiger partial charge in [0.1, 0.15) is 0 Å². The molecule has 1 N–H and O–H groups in total. The minimum absolute atomic E-state index is 0.0302. The predicted octanol–water partition coefficient (Wildman–Crippen LogP) is 2.88. The molecule has 1 aromatic rings. The highest BCUT2D eigenvalue weighted by atomic mass is 16.2. The highest BCUT2D eigenvalue weighted by Gasteiger charge is 2.32. The monoisotopic (exact) mass is 286 g/mol. The topological polar surface area (TPSA) is 32.3 Å². The molecule has 0 saturated carbocycles. The van der Waals surface area contributed by atoms with Crippen molar-refractivity contribution in [1.82, 2.24) is 10.2 Å². The first kappa shape index (κ1) is 14.6. The van der Waals surface area contributed by atoms with Gasteiger partial charge in [-0.1, -0.05) is 37.6 Å². The van der Waals surface area contributed by atoms with E-state index in [9.17, 15) is 4.79 Å². The minimum atomic E-state index is -0.0302. The van der Waals surface area contributed by atoms with Crippen LogP contribution in [0.2, 0.25) is 0 Å². The lowest BCUT2D eigenvalue weighted by molar-refractivity contribution is -0.137. The fourth-order valence-corrected chi connectivity index (χ4v) is 3.75. The molecule has 2 atom stereocenters. The lowest BCUT2D eigenvalue weighted by Crippen LogP contribution is -2.54. The van der Waals surface area contributed by atoms with Gasteiger partial charge < -0.3 is 10.2 Å². The lowest BCUT2D eigenvalue weighted by Gasteiger charge is -2.39. The van der Waals surface area contributed by atoms with Gasteiger partial charge in [-0.15, -0.1) is 0 Å². The summed E-state index contributed by atoms with van der Waals surface area (Å²) in [6.07, 6.45) is 6.77. The maximum absolute atomic E-state index is 12.9. The van der Waals surface area contributed by atoms with Crippen LogP contribution in [-0.2, 0) is 17.8 Å². The van der Waals surface area contributed by atoms with Gasteiger partial charge in [0.15, 0.2) is 0 Å². The summed E-state index contributed by atoms with van der Waals surface area (Å²) in [6, 6.07) is 8.91. The normalized spacial score (nSPS) is 25.5. The Morgan fingerprint density at radius 1 is 1.29 bits per heavy atom. The summed E-state index contributed by atoms with van der Waals surface area (Å²) in [6.45, 7) is 3.98. The maximum atomic E-state index is 12.9. The fraction of sp³-hybridized carbons (Fsp3) is 0.611. The van der Waals surface area contributed by atoms with Crippen molar-refractivity contribution >= 4 is 5.91 Å². The van der Waals surface area contributed by atoms with Crippen LogP contribution in [0.15, 0.2) is 24.3 Å². The average molecular weight is 286 g/mol. The second-order valence-corrected chi connectivity index (χ2v) is 6.38. The van der Waals surface area contributed by atoms with Gasteiger partial charge in [0.25, 0.3) is 0 Å². The second kappa shape index (κ2) is 6.61. The molecule has 2 unspecified atom stereocenters. The first-order valence-electron chi connectivity index (χ1n) is 8.40. The number of carbonyl (C=O) groups is 1. The zero-order valence-electron chi connectivity index (χ0n) is 13.0. The Kier molecular flexibility index (Phi) is 4.59. The number of likely N-dealkylation sites (tertiary alicyclic amines) is 1. The van der Waals surface area contributed by atoms with Crippen LogP contribution < -0.4 is 5.32 Å². The fourth-order valence-electron chi connectivity index (χ4n) is 3.75. The Morgan fingerprint density at radius 3 is 2.90 bits per heavy atom. The number of hydrogen-bond donors (Lipinski definition) is 1. The Bertz CT molecular complexity index is 498. The first-order valence-corrected chi connectivity index (χ1v) is 8.40. The Labute approximate surface area is 127 Å². The van der Waals surface area contributed by atoms with Crippen molar-refractivity contribution in [2.45, 2.75) is 64.1 Å². The van der Waals surface area contributed by atoms with Crippen LogP contribution in [0.25, 0.3) is 0 Å². The molecule has 1 fully saturated rings. The van der Waals surface area contributed by atoms with Crippen LogP contribution in [0.5, 0.6) is 0 Å². The number of carbonyl (C=O) groups excluding carboxylic acids is 1. The molecule has 0 bridgehead atoms. The molecule has 0 radical (unpaired) electrons. The summed E-state index contributed by atoms with van der Waals surface area (Å²) in [5.74, 6) is 0.322. The van der Waals surface area contributed by atoms with Crippen LogP contribution in [0.4, 0.5) is 0 Å². The van der Waals surface area contributed by atoms with Gasteiger partial charge in [-0.3, -0.25) is 4.79 Å². The summed E-state index contributed by atoms with van der Waals surface area (Å²) in [4.78, 5) is 15.1. The van der Waals surface area contributed by atoms with Gasteiger partial charge in [0, 0.05) is 19.1 Å². The molecule has 1 saturated heterocycles. The maximum Gasteiger partial charge on any atom is 0.240 e. The van der Waals surface area contributed by atoms with E-state index in [1.807, 2.05) is 0 Å². The third kappa shape index (κ3) is 3.13. The van der Waals surface area contributed by atoms with Crippen LogP contribution in [0.3, 0.4) is 0 Å². The van der Waals surface area contributed by atoms with Crippen molar-refractivity contribution in [3.05, 3.63) is 35.4 Å². The molecule has 2 heterocycles. The molecule has 3 heteroatoms. The zero-order chi connectivity index (χ0) is 14.7. The zero-order valence-corrected chi connectivity index (χ0v) is 13.0. The minimum Gasteiger partial charge on any atom is -0.338 e. The Hall–Kier alpha value is -1.35. The molecule has 3 nitrogen and oxygen atoms in total. The van der Waals surface area contributed by atoms with Crippen LogP contribution in [0.1, 0.15) is 50.2 Å². The summed E-state index contributed by atoms with van der Waals surface area (Å²) in [5.41, 5.74) is 2.67. The average Bonchev–Trinajstić information content (AvgIpc) is 2.54. The lowest BCUT2D eigenvalue weighted by atomic mass is 9.92. The van der Waals surface area contributed by atoms with Gasteiger partial charge >= 0.3 is 0 Å². The van der Waals surface area contributed by atoms with Crippen molar-refractivity contribution in [2.24, 2.45) is 0 Å². The van der Waals surface area contributed by atoms with Gasteiger partial charge in [-0.25, -0.2) is 0 Å². The van der Waals surface area contributed by atoms with E-state index in [0.717, 1.165) is 38.8 Å². The third-order valence-corrected chi connectivity index (χ3v) is 4.91. The molecule has 1 amide bonds. The molecule has 21 heavy (non-hydrogen) atoms. The van der Waals surface area contributed by atoms with Crippen molar-refractivity contribution in [1.29, 1.82) is 0 Å². The number of rotatable bonds is 3. The first-order chi connectivity index (χ1) is 10.3. The van der Waals surface area contributed by atoms with E-state index in [0.29, 0.717) is 11.9 Å². The number of nitrogens with one attached hydrogen (secondary N) is 1. The molecule has 2 aliphatic rings. The number of nitrogens with zero attached hydrogens (tertiary/aromatic N) is 1. The molecular weight excluding hydrogens is 260 g/mol. The second-order valence-electron chi connectivity index (χ2n) is 6.38. The summed E-state index contributed by atoms with van der Waals surface area (Å²) in [5, 5.41) is 3.44. The van der Waals surface area contributed by atoms with Crippen LogP contribution in [0, 0.1) is 0 Å². The summed E-state index contributed by atoms with van der Waals surface area (Å²) >= 11 is 0. The van der Waals surface area contributed by atoms with Crippen LogP contribution >= 0.6 is 0 Å². The van der Waals surface area contributed by atoms with E-state index in [-0.39, 0.29) is 6.04 Å². The van der Waals surface area contributed by atoms with Gasteiger partial charge in [-0.05, 0) is 43.2 Å². The largest absolute Gasteiger partial charge is 0.338 e. The Balaban J connectivity index is 1.70. The Morgan fingerprint density at radius 2 is 2.10 bits per heavy atom. The quantitative estimate of drug-likeness (QED) is 0.926. The highest BCUT2D eigenvalue weighted by Crippen LogP contribution is 2.24. The number of amides is 1. The van der Waals surface area contributed by atoms with E-state index >= 15 is 0 Å². The van der Waals surface area contributed by atoms with Gasteiger partial charge in [-0.2, -0.15) is 0 Å². The highest BCUT2D eigenvalue weighted by molar-refractivity contribution is 5.83. The van der Waals surface area contributed by atoms with E-state index < -0.39 is 0 Å². The van der Waals surface area contributed by atoms with Crippen molar-refractivity contribution in [2.75, 3.05) is 6.54 Å². The standard InChI is InChI=1S/C18H26N2O/c1-2-7-16-10-5-6-11-20(16)18(21)17-12-14-8-3-4-9-15(14)13-19-17/h3-4,8-9,16-17,19H,2,5-7,10-13H2,1H3. The molecule has 3 rings (SSSR count). The molecule has 0 aromatic heterocycles. The number of fused-ring (bicyclic) bond motifs is 1.